The molecule has 3 atom stereocenters. The van der Waals surface area contributed by atoms with E-state index >= 15 is 0 Å². The Morgan fingerprint density at radius 2 is 1.72 bits per heavy atom. The van der Waals surface area contributed by atoms with E-state index in [2.05, 4.69) is 5.32 Å². The SMILES string of the molecule is CC(C)C[C@H]1C(=O)N(C(C)c2ccc(F)cc2)C[C@H]2N1C(=O)CN(C)N2C(=O)NCc1ccccc1. The smallest absolute Gasteiger partial charge is 0.333 e. The molecule has 192 valence electrons. The Morgan fingerprint density at radius 3 is 2.36 bits per heavy atom. The van der Waals surface area contributed by atoms with Crippen LogP contribution in [0.3, 0.4) is 0 Å². The molecule has 4 rings (SSSR count). The monoisotopic (exact) mass is 495 g/mol. The fourth-order valence-corrected chi connectivity index (χ4v) is 5.06. The van der Waals surface area contributed by atoms with Gasteiger partial charge in [0.05, 0.1) is 19.1 Å². The molecule has 0 saturated carbocycles. The summed E-state index contributed by atoms with van der Waals surface area (Å²) in [6, 6.07) is 14.3. The summed E-state index contributed by atoms with van der Waals surface area (Å²) >= 11 is 0. The topological polar surface area (TPSA) is 76.2 Å². The third kappa shape index (κ3) is 5.21. The standard InChI is InChI=1S/C27H34FN5O3/c1-18(2)14-23-26(35)31(19(3)21-10-12-22(28)13-11-21)16-24-32(23)25(34)17-30(4)33(24)27(36)29-15-20-8-6-5-7-9-20/h5-13,18-19,23-24H,14-17H2,1-4H3,(H,29,36)/t19?,23-,24-/m0/s1. The molecule has 2 aliphatic heterocycles. The summed E-state index contributed by atoms with van der Waals surface area (Å²) < 4.78 is 13.5. The van der Waals surface area contributed by atoms with Crippen LogP contribution in [0.25, 0.3) is 0 Å². The molecule has 8 nitrogen and oxygen atoms in total. The van der Waals surface area contributed by atoms with Crippen LogP contribution >= 0.6 is 0 Å². The van der Waals surface area contributed by atoms with Gasteiger partial charge in [0, 0.05) is 13.6 Å². The molecular weight excluding hydrogens is 461 g/mol. The average Bonchev–Trinajstić information content (AvgIpc) is 2.84. The third-order valence-corrected chi connectivity index (χ3v) is 6.90. The zero-order valence-electron chi connectivity index (χ0n) is 21.2. The van der Waals surface area contributed by atoms with Gasteiger partial charge in [-0.05, 0) is 42.5 Å². The lowest BCUT2D eigenvalue weighted by Gasteiger charge is -2.55. The van der Waals surface area contributed by atoms with Gasteiger partial charge in [0.1, 0.15) is 18.0 Å². The van der Waals surface area contributed by atoms with Crippen molar-refractivity contribution in [2.24, 2.45) is 5.92 Å². The van der Waals surface area contributed by atoms with Crippen LogP contribution in [-0.2, 0) is 16.1 Å². The average molecular weight is 496 g/mol. The van der Waals surface area contributed by atoms with Gasteiger partial charge in [0.25, 0.3) is 0 Å². The molecule has 0 aliphatic carbocycles. The number of hydrogen-bond donors (Lipinski definition) is 1. The number of likely N-dealkylation sites (N-methyl/N-ethyl adjacent to an activating group) is 1. The van der Waals surface area contributed by atoms with E-state index in [1.807, 2.05) is 51.1 Å². The van der Waals surface area contributed by atoms with Crippen molar-refractivity contribution in [3.05, 3.63) is 71.5 Å². The largest absolute Gasteiger partial charge is 0.334 e. The second-order valence-corrected chi connectivity index (χ2v) is 9.95. The predicted octanol–water partition coefficient (Wildman–Crippen LogP) is 3.37. The van der Waals surface area contributed by atoms with Crippen molar-refractivity contribution in [3.63, 3.8) is 0 Å². The number of urea groups is 1. The van der Waals surface area contributed by atoms with Gasteiger partial charge in [-0.2, -0.15) is 0 Å². The number of rotatable bonds is 6. The summed E-state index contributed by atoms with van der Waals surface area (Å²) in [5.41, 5.74) is 1.75. The van der Waals surface area contributed by atoms with Crippen molar-refractivity contribution in [2.45, 2.75) is 52.0 Å². The van der Waals surface area contributed by atoms with E-state index in [0.29, 0.717) is 13.0 Å². The third-order valence-electron chi connectivity index (χ3n) is 6.90. The Balaban J connectivity index is 1.65. The Labute approximate surface area is 211 Å². The van der Waals surface area contributed by atoms with E-state index in [4.69, 9.17) is 0 Å². The molecule has 1 unspecified atom stereocenters. The molecule has 0 aromatic heterocycles. The summed E-state index contributed by atoms with van der Waals surface area (Å²) in [6.45, 7) is 6.41. The Morgan fingerprint density at radius 1 is 1.06 bits per heavy atom. The molecule has 0 bridgehead atoms. The van der Waals surface area contributed by atoms with Crippen LogP contribution < -0.4 is 5.32 Å². The van der Waals surface area contributed by atoms with Gasteiger partial charge in [0.15, 0.2) is 0 Å². The van der Waals surface area contributed by atoms with Gasteiger partial charge in [-0.1, -0.05) is 56.3 Å². The van der Waals surface area contributed by atoms with Crippen LogP contribution in [0.2, 0.25) is 0 Å². The maximum atomic E-state index is 13.7. The molecule has 2 aromatic carbocycles. The number of amides is 4. The number of carbonyl (C=O) groups is 3. The quantitative estimate of drug-likeness (QED) is 0.667. The molecule has 2 saturated heterocycles. The Kier molecular flexibility index (Phi) is 7.59. The summed E-state index contributed by atoms with van der Waals surface area (Å²) in [4.78, 5) is 43.7. The number of nitrogens with one attached hydrogen (secondary N) is 1. The maximum Gasteiger partial charge on any atom is 0.334 e. The zero-order valence-corrected chi connectivity index (χ0v) is 21.2. The number of hydrazine groups is 1. The van der Waals surface area contributed by atoms with Gasteiger partial charge in [-0.25, -0.2) is 19.2 Å². The highest BCUT2D eigenvalue weighted by Crippen LogP contribution is 2.33. The van der Waals surface area contributed by atoms with Crippen molar-refractivity contribution in [3.8, 4) is 0 Å². The van der Waals surface area contributed by atoms with Crippen LogP contribution in [0.15, 0.2) is 54.6 Å². The summed E-state index contributed by atoms with van der Waals surface area (Å²) in [6.07, 6.45) is -0.173. The molecule has 2 aromatic rings. The fourth-order valence-electron chi connectivity index (χ4n) is 5.06. The van der Waals surface area contributed by atoms with Crippen LogP contribution in [0.1, 0.15) is 44.4 Å². The van der Waals surface area contributed by atoms with E-state index in [1.54, 1.807) is 39.0 Å². The van der Waals surface area contributed by atoms with Gasteiger partial charge >= 0.3 is 6.03 Å². The second-order valence-electron chi connectivity index (χ2n) is 9.95. The normalized spacial score (nSPS) is 21.6. The van der Waals surface area contributed by atoms with Crippen molar-refractivity contribution in [1.82, 2.24) is 25.1 Å². The first-order valence-electron chi connectivity index (χ1n) is 12.4. The first-order chi connectivity index (χ1) is 17.2. The fraction of sp³-hybridized carbons (Fsp3) is 0.444. The van der Waals surface area contributed by atoms with E-state index in [9.17, 15) is 18.8 Å². The molecule has 0 radical (unpaired) electrons. The predicted molar refractivity (Wildman–Crippen MR) is 134 cm³/mol. The summed E-state index contributed by atoms with van der Waals surface area (Å²) in [5, 5.41) is 6.13. The molecule has 2 heterocycles. The number of fused-ring (bicyclic) bond motifs is 1. The number of benzene rings is 2. The number of hydrogen-bond acceptors (Lipinski definition) is 4. The Hall–Kier alpha value is -3.46. The van der Waals surface area contributed by atoms with Crippen LogP contribution in [0, 0.1) is 11.7 Å². The van der Waals surface area contributed by atoms with Crippen molar-refractivity contribution in [2.75, 3.05) is 20.1 Å². The highest BCUT2D eigenvalue weighted by Gasteiger charge is 2.51. The van der Waals surface area contributed by atoms with E-state index in [1.165, 1.54) is 12.1 Å². The van der Waals surface area contributed by atoms with Crippen LogP contribution in [0.4, 0.5) is 9.18 Å². The van der Waals surface area contributed by atoms with Gasteiger partial charge < -0.3 is 15.1 Å². The molecule has 2 fully saturated rings. The highest BCUT2D eigenvalue weighted by molar-refractivity contribution is 5.91. The van der Waals surface area contributed by atoms with Crippen LogP contribution in [-0.4, -0.2) is 70.0 Å². The molecule has 1 N–H and O–H groups in total. The number of nitrogens with zero attached hydrogens (tertiary/aromatic N) is 4. The lowest BCUT2D eigenvalue weighted by Crippen LogP contribution is -2.76. The molecule has 4 amide bonds. The minimum absolute atomic E-state index is 0.00461. The maximum absolute atomic E-state index is 13.7. The van der Waals surface area contributed by atoms with Crippen molar-refractivity contribution < 1.29 is 18.8 Å². The minimum atomic E-state index is -0.683. The van der Waals surface area contributed by atoms with E-state index in [-0.39, 0.29) is 48.7 Å². The first-order valence-corrected chi connectivity index (χ1v) is 12.4. The molecule has 0 spiro atoms. The second kappa shape index (κ2) is 10.7. The molecule has 9 heteroatoms. The Bertz CT molecular complexity index is 1090. The van der Waals surface area contributed by atoms with Crippen molar-refractivity contribution in [1.29, 1.82) is 0 Å². The minimum Gasteiger partial charge on any atom is -0.333 e. The van der Waals surface area contributed by atoms with Gasteiger partial charge in [-0.15, -0.1) is 0 Å². The molecule has 36 heavy (non-hydrogen) atoms. The van der Waals surface area contributed by atoms with E-state index in [0.717, 1.165) is 11.1 Å². The molecule has 2 aliphatic rings. The first kappa shape index (κ1) is 25.6. The van der Waals surface area contributed by atoms with Crippen LogP contribution in [0.5, 0.6) is 0 Å². The van der Waals surface area contributed by atoms with E-state index < -0.39 is 12.2 Å². The molecular formula is C27H34FN5O3. The van der Waals surface area contributed by atoms with Crippen molar-refractivity contribution >= 4 is 17.8 Å². The highest BCUT2D eigenvalue weighted by atomic mass is 19.1. The van der Waals surface area contributed by atoms with Gasteiger partial charge in [0.2, 0.25) is 11.8 Å². The number of halogens is 1. The van der Waals surface area contributed by atoms with Gasteiger partial charge in [-0.3, -0.25) is 9.59 Å². The number of carbonyl (C=O) groups excluding carboxylic acids is 3. The summed E-state index contributed by atoms with van der Waals surface area (Å²) in [5.74, 6) is -0.518. The zero-order chi connectivity index (χ0) is 26.0. The summed E-state index contributed by atoms with van der Waals surface area (Å²) in [7, 11) is 1.71. The lowest BCUT2D eigenvalue weighted by atomic mass is 9.95. The lowest BCUT2D eigenvalue weighted by molar-refractivity contribution is -0.190. The number of piperazine rings is 1.